The third-order valence-corrected chi connectivity index (χ3v) is 3.88. The van der Waals surface area contributed by atoms with Crippen LogP contribution in [0.15, 0.2) is 59.1 Å². The standard InChI is InChI=1S/C20H20N2O4/c1-24-15-9-7-14(8-10-15)18-13-21-20(26-18)12-11-19(23)22-16-5-3-4-6-17(16)25-2/h3-10,13H,11-12H2,1-2H3,(H,22,23). The number of carbonyl (C=O) groups excluding carboxylic acids is 1. The Labute approximate surface area is 151 Å². The number of oxazole rings is 1. The maximum Gasteiger partial charge on any atom is 0.224 e. The average molecular weight is 352 g/mol. The van der Waals surface area contributed by atoms with Crippen LogP contribution in [0, 0.1) is 0 Å². The van der Waals surface area contributed by atoms with E-state index in [2.05, 4.69) is 10.3 Å². The Kier molecular flexibility index (Phi) is 5.53. The van der Waals surface area contributed by atoms with E-state index in [0.717, 1.165) is 11.3 Å². The van der Waals surface area contributed by atoms with Gasteiger partial charge in [-0.25, -0.2) is 4.98 Å². The normalized spacial score (nSPS) is 10.4. The van der Waals surface area contributed by atoms with Gasteiger partial charge in [-0.05, 0) is 36.4 Å². The number of benzene rings is 2. The Bertz CT molecular complexity index is 872. The number of amides is 1. The molecule has 26 heavy (non-hydrogen) atoms. The molecule has 1 aromatic heterocycles. The zero-order valence-corrected chi connectivity index (χ0v) is 14.7. The SMILES string of the molecule is COc1ccc(-c2cnc(CCC(=O)Nc3ccccc3OC)o2)cc1. The van der Waals surface area contributed by atoms with Gasteiger partial charge in [-0.1, -0.05) is 12.1 Å². The maximum atomic E-state index is 12.2. The molecule has 1 N–H and O–H groups in total. The monoisotopic (exact) mass is 352 g/mol. The van der Waals surface area contributed by atoms with Crippen molar-refractivity contribution >= 4 is 11.6 Å². The topological polar surface area (TPSA) is 73.6 Å². The quantitative estimate of drug-likeness (QED) is 0.697. The third kappa shape index (κ3) is 4.22. The molecule has 2 aromatic carbocycles. The summed E-state index contributed by atoms with van der Waals surface area (Å²) in [6.07, 6.45) is 2.34. The first-order chi connectivity index (χ1) is 12.7. The Hall–Kier alpha value is -3.28. The molecule has 1 amide bonds. The van der Waals surface area contributed by atoms with Crippen molar-refractivity contribution in [3.05, 3.63) is 60.6 Å². The summed E-state index contributed by atoms with van der Waals surface area (Å²) in [7, 11) is 3.19. The van der Waals surface area contributed by atoms with Crippen LogP contribution >= 0.6 is 0 Å². The summed E-state index contributed by atoms with van der Waals surface area (Å²) >= 11 is 0. The largest absolute Gasteiger partial charge is 0.497 e. The number of para-hydroxylation sites is 2. The molecule has 0 bridgehead atoms. The molecule has 0 saturated heterocycles. The number of carbonyl (C=O) groups is 1. The Morgan fingerprint density at radius 1 is 1.08 bits per heavy atom. The van der Waals surface area contributed by atoms with Crippen LogP contribution in [0.3, 0.4) is 0 Å². The first-order valence-electron chi connectivity index (χ1n) is 8.21. The number of anilines is 1. The number of nitrogens with zero attached hydrogens (tertiary/aromatic N) is 1. The lowest BCUT2D eigenvalue weighted by Crippen LogP contribution is -2.13. The van der Waals surface area contributed by atoms with Gasteiger partial charge in [-0.15, -0.1) is 0 Å². The smallest absolute Gasteiger partial charge is 0.224 e. The van der Waals surface area contributed by atoms with Crippen LogP contribution in [0.2, 0.25) is 0 Å². The fourth-order valence-electron chi connectivity index (χ4n) is 2.50. The van der Waals surface area contributed by atoms with Crippen molar-refractivity contribution in [2.45, 2.75) is 12.8 Å². The summed E-state index contributed by atoms with van der Waals surface area (Å²) < 4.78 is 16.1. The number of aromatic nitrogens is 1. The van der Waals surface area contributed by atoms with Crippen LogP contribution < -0.4 is 14.8 Å². The van der Waals surface area contributed by atoms with Crippen molar-refractivity contribution in [2.24, 2.45) is 0 Å². The molecule has 3 rings (SSSR count). The second-order valence-corrected chi connectivity index (χ2v) is 5.60. The van der Waals surface area contributed by atoms with E-state index < -0.39 is 0 Å². The van der Waals surface area contributed by atoms with Gasteiger partial charge in [0.25, 0.3) is 0 Å². The van der Waals surface area contributed by atoms with E-state index in [-0.39, 0.29) is 12.3 Å². The average Bonchev–Trinajstić information content (AvgIpc) is 3.16. The van der Waals surface area contributed by atoms with Gasteiger partial charge in [0.2, 0.25) is 5.91 Å². The number of nitrogens with one attached hydrogen (secondary N) is 1. The van der Waals surface area contributed by atoms with Crippen LogP contribution in [-0.2, 0) is 11.2 Å². The summed E-state index contributed by atoms with van der Waals surface area (Å²) in [5.74, 6) is 2.46. The highest BCUT2D eigenvalue weighted by atomic mass is 16.5. The molecule has 0 unspecified atom stereocenters. The van der Waals surface area contributed by atoms with Gasteiger partial charge >= 0.3 is 0 Å². The van der Waals surface area contributed by atoms with Gasteiger partial charge in [0, 0.05) is 18.4 Å². The highest BCUT2D eigenvalue weighted by Gasteiger charge is 2.11. The van der Waals surface area contributed by atoms with Crippen molar-refractivity contribution in [2.75, 3.05) is 19.5 Å². The van der Waals surface area contributed by atoms with Gasteiger partial charge in [0.1, 0.15) is 11.5 Å². The van der Waals surface area contributed by atoms with Crippen molar-refractivity contribution in [1.29, 1.82) is 0 Å². The predicted octanol–water partition coefficient (Wildman–Crippen LogP) is 3.93. The Balaban J connectivity index is 1.58. The van der Waals surface area contributed by atoms with Crippen molar-refractivity contribution < 1.29 is 18.7 Å². The number of ether oxygens (including phenoxy) is 2. The molecule has 0 saturated carbocycles. The summed E-state index contributed by atoms with van der Waals surface area (Å²) in [6, 6.07) is 14.8. The highest BCUT2D eigenvalue weighted by molar-refractivity contribution is 5.92. The minimum atomic E-state index is -0.126. The van der Waals surface area contributed by atoms with E-state index in [9.17, 15) is 4.79 Å². The van der Waals surface area contributed by atoms with Gasteiger partial charge < -0.3 is 19.2 Å². The van der Waals surface area contributed by atoms with Gasteiger partial charge in [-0.2, -0.15) is 0 Å². The minimum Gasteiger partial charge on any atom is -0.497 e. The zero-order valence-electron chi connectivity index (χ0n) is 14.7. The summed E-state index contributed by atoms with van der Waals surface area (Å²) in [5.41, 5.74) is 1.55. The molecule has 0 aliphatic heterocycles. The van der Waals surface area contributed by atoms with Crippen molar-refractivity contribution in [3.8, 4) is 22.8 Å². The zero-order chi connectivity index (χ0) is 18.4. The fourth-order valence-corrected chi connectivity index (χ4v) is 2.50. The molecule has 1 heterocycles. The van der Waals surface area contributed by atoms with Gasteiger partial charge in [0.15, 0.2) is 11.7 Å². The van der Waals surface area contributed by atoms with Crippen LogP contribution in [0.4, 0.5) is 5.69 Å². The lowest BCUT2D eigenvalue weighted by atomic mass is 10.2. The number of methoxy groups -OCH3 is 2. The summed E-state index contributed by atoms with van der Waals surface area (Å²) in [4.78, 5) is 16.4. The van der Waals surface area contributed by atoms with Crippen molar-refractivity contribution in [3.63, 3.8) is 0 Å². The molecule has 0 aliphatic carbocycles. The number of hydrogen-bond acceptors (Lipinski definition) is 5. The molecular formula is C20H20N2O4. The van der Waals surface area contributed by atoms with Crippen LogP contribution in [0.25, 0.3) is 11.3 Å². The maximum absolute atomic E-state index is 12.2. The molecule has 6 heteroatoms. The number of aryl methyl sites for hydroxylation is 1. The summed E-state index contributed by atoms with van der Waals surface area (Å²) in [5, 5.41) is 2.84. The molecule has 3 aromatic rings. The molecule has 0 radical (unpaired) electrons. The van der Waals surface area contributed by atoms with E-state index in [0.29, 0.717) is 29.5 Å². The van der Waals surface area contributed by atoms with Crippen LogP contribution in [0.1, 0.15) is 12.3 Å². The number of rotatable bonds is 7. The lowest BCUT2D eigenvalue weighted by molar-refractivity contribution is -0.116. The van der Waals surface area contributed by atoms with E-state index in [1.54, 1.807) is 32.5 Å². The third-order valence-electron chi connectivity index (χ3n) is 3.88. The second kappa shape index (κ2) is 8.20. The van der Waals surface area contributed by atoms with Gasteiger partial charge in [-0.3, -0.25) is 4.79 Å². The first kappa shape index (κ1) is 17.5. The molecular weight excluding hydrogens is 332 g/mol. The molecule has 134 valence electrons. The van der Waals surface area contributed by atoms with Crippen LogP contribution in [-0.4, -0.2) is 25.1 Å². The molecule has 0 spiro atoms. The summed E-state index contributed by atoms with van der Waals surface area (Å²) in [6.45, 7) is 0. The van der Waals surface area contributed by atoms with E-state index in [1.165, 1.54) is 0 Å². The fraction of sp³-hybridized carbons (Fsp3) is 0.200. The van der Waals surface area contributed by atoms with E-state index in [1.807, 2.05) is 36.4 Å². The number of hydrogen-bond donors (Lipinski definition) is 1. The van der Waals surface area contributed by atoms with E-state index >= 15 is 0 Å². The van der Waals surface area contributed by atoms with Gasteiger partial charge in [0.05, 0.1) is 26.1 Å². The molecule has 6 nitrogen and oxygen atoms in total. The Morgan fingerprint density at radius 2 is 1.85 bits per heavy atom. The first-order valence-corrected chi connectivity index (χ1v) is 8.21. The second-order valence-electron chi connectivity index (χ2n) is 5.60. The van der Waals surface area contributed by atoms with Crippen molar-refractivity contribution in [1.82, 2.24) is 4.98 Å². The molecule has 0 fully saturated rings. The molecule has 0 aliphatic rings. The Morgan fingerprint density at radius 3 is 2.58 bits per heavy atom. The molecule has 0 atom stereocenters. The highest BCUT2D eigenvalue weighted by Crippen LogP contribution is 2.25. The van der Waals surface area contributed by atoms with Crippen LogP contribution in [0.5, 0.6) is 11.5 Å². The van der Waals surface area contributed by atoms with E-state index in [4.69, 9.17) is 13.9 Å². The predicted molar refractivity (Wildman–Crippen MR) is 98.4 cm³/mol. The minimum absolute atomic E-state index is 0.126. The lowest BCUT2D eigenvalue weighted by Gasteiger charge is -2.09.